The van der Waals surface area contributed by atoms with Crippen LogP contribution in [-0.4, -0.2) is 10.7 Å². The molecule has 2 heterocycles. The second kappa shape index (κ2) is 4.71. The normalized spacial score (nSPS) is 10.5. The first kappa shape index (κ1) is 12.5. The number of furan rings is 1. The summed E-state index contributed by atoms with van der Waals surface area (Å²) in [5, 5.41) is 12.2. The third kappa shape index (κ3) is 2.33. The molecule has 0 spiro atoms. The molecule has 0 radical (unpaired) electrons. The van der Waals surface area contributed by atoms with Gasteiger partial charge in [-0.3, -0.25) is 14.9 Å². The molecule has 8 heteroatoms. The van der Waals surface area contributed by atoms with Crippen molar-refractivity contribution in [3.8, 4) is 0 Å². The van der Waals surface area contributed by atoms with Crippen LogP contribution in [-0.2, 0) is 0 Å². The number of ketones is 1. The average Bonchev–Trinajstić information content (AvgIpc) is 2.87. The number of carbonyl (C=O) groups is 1. The quantitative estimate of drug-likeness (QED) is 0.458. The maximum atomic E-state index is 12.0. The van der Waals surface area contributed by atoms with Gasteiger partial charge in [0.15, 0.2) is 5.76 Å². The molecule has 2 aromatic heterocycles. The van der Waals surface area contributed by atoms with Gasteiger partial charge in [0, 0.05) is 9.85 Å². The molecule has 2 aromatic rings. The van der Waals surface area contributed by atoms with Crippen molar-refractivity contribution in [1.29, 1.82) is 0 Å². The Bertz CT molecular complexity index is 604. The van der Waals surface area contributed by atoms with Crippen LogP contribution in [0.5, 0.6) is 0 Å². The van der Waals surface area contributed by atoms with Crippen molar-refractivity contribution < 1.29 is 14.1 Å². The van der Waals surface area contributed by atoms with Gasteiger partial charge in [-0.2, -0.15) is 0 Å². The summed E-state index contributed by atoms with van der Waals surface area (Å²) in [6.07, 6.45) is 0. The van der Waals surface area contributed by atoms with Crippen LogP contribution in [0.25, 0.3) is 0 Å². The van der Waals surface area contributed by atoms with E-state index < -0.39 is 10.8 Å². The molecule has 0 saturated carbocycles. The highest BCUT2D eigenvalue weighted by molar-refractivity contribution is 9.13. The Balaban J connectivity index is 2.37. The number of nitrogens with zero attached hydrogens (tertiary/aromatic N) is 1. The summed E-state index contributed by atoms with van der Waals surface area (Å²) in [5.41, 5.74) is 0. The lowest BCUT2D eigenvalue weighted by molar-refractivity contribution is -0.402. The minimum atomic E-state index is -0.684. The van der Waals surface area contributed by atoms with Crippen molar-refractivity contribution in [2.24, 2.45) is 0 Å². The Hall–Kier alpha value is -0.990. The van der Waals surface area contributed by atoms with Gasteiger partial charge in [-0.15, -0.1) is 11.3 Å². The number of thiophene rings is 1. The second-order valence-electron chi connectivity index (χ2n) is 2.95. The SMILES string of the molecule is O=C(c1ccc([N+](=O)[O-])o1)c1scc(Br)c1Br. The van der Waals surface area contributed by atoms with Crippen molar-refractivity contribution in [2.45, 2.75) is 0 Å². The summed E-state index contributed by atoms with van der Waals surface area (Å²) in [6, 6.07) is 2.45. The van der Waals surface area contributed by atoms with E-state index in [9.17, 15) is 14.9 Å². The van der Waals surface area contributed by atoms with Gasteiger partial charge in [0.05, 0.1) is 15.4 Å². The zero-order chi connectivity index (χ0) is 12.6. The van der Waals surface area contributed by atoms with Crippen molar-refractivity contribution in [3.05, 3.63) is 47.2 Å². The summed E-state index contributed by atoms with van der Waals surface area (Å²) in [5.74, 6) is -0.882. The molecule has 5 nitrogen and oxygen atoms in total. The molecule has 0 bridgehead atoms. The number of hydrogen-bond acceptors (Lipinski definition) is 5. The highest BCUT2D eigenvalue weighted by atomic mass is 79.9. The fraction of sp³-hybridized carbons (Fsp3) is 0. The van der Waals surface area contributed by atoms with Gasteiger partial charge in [-0.25, -0.2) is 0 Å². The molecule has 0 aliphatic rings. The van der Waals surface area contributed by atoms with E-state index in [4.69, 9.17) is 4.42 Å². The fourth-order valence-electron chi connectivity index (χ4n) is 1.14. The third-order valence-electron chi connectivity index (χ3n) is 1.89. The molecule has 88 valence electrons. The van der Waals surface area contributed by atoms with E-state index in [2.05, 4.69) is 31.9 Å². The van der Waals surface area contributed by atoms with Crippen molar-refractivity contribution in [1.82, 2.24) is 0 Å². The van der Waals surface area contributed by atoms with Gasteiger partial charge in [-0.05, 0) is 37.9 Å². The van der Waals surface area contributed by atoms with E-state index in [1.54, 1.807) is 5.38 Å². The van der Waals surface area contributed by atoms with Crippen LogP contribution in [0.15, 0.2) is 30.9 Å². The summed E-state index contributed by atoms with van der Waals surface area (Å²) in [7, 11) is 0. The van der Waals surface area contributed by atoms with Crippen LogP contribution in [0, 0.1) is 10.1 Å². The first-order valence-corrected chi connectivity index (χ1v) is 6.68. The summed E-state index contributed by atoms with van der Waals surface area (Å²) in [6.45, 7) is 0. The monoisotopic (exact) mass is 379 g/mol. The largest absolute Gasteiger partial charge is 0.433 e. The van der Waals surface area contributed by atoms with Crippen LogP contribution >= 0.6 is 43.2 Å². The third-order valence-corrected chi connectivity index (χ3v) is 5.42. The van der Waals surface area contributed by atoms with E-state index in [0.29, 0.717) is 9.35 Å². The number of hydrogen-bond donors (Lipinski definition) is 0. The van der Waals surface area contributed by atoms with Crippen molar-refractivity contribution >= 4 is 54.9 Å². The lowest BCUT2D eigenvalue weighted by Gasteiger charge is -1.93. The van der Waals surface area contributed by atoms with E-state index in [1.807, 2.05) is 0 Å². The van der Waals surface area contributed by atoms with Crippen molar-refractivity contribution in [3.63, 3.8) is 0 Å². The molecule has 0 aromatic carbocycles. The second-order valence-corrected chi connectivity index (χ2v) is 5.48. The van der Waals surface area contributed by atoms with Crippen LogP contribution < -0.4 is 0 Å². The summed E-state index contributed by atoms with van der Waals surface area (Å²) < 4.78 is 6.22. The Morgan fingerprint density at radius 3 is 2.59 bits per heavy atom. The van der Waals surface area contributed by atoms with Gasteiger partial charge in [-0.1, -0.05) is 0 Å². The number of rotatable bonds is 3. The molecule has 17 heavy (non-hydrogen) atoms. The van der Waals surface area contributed by atoms with Gasteiger partial charge >= 0.3 is 5.88 Å². The van der Waals surface area contributed by atoms with E-state index in [0.717, 1.165) is 10.5 Å². The smallest absolute Gasteiger partial charge is 0.397 e. The van der Waals surface area contributed by atoms with E-state index in [1.165, 1.54) is 17.4 Å². The maximum Gasteiger partial charge on any atom is 0.433 e. The highest BCUT2D eigenvalue weighted by Gasteiger charge is 2.22. The summed E-state index contributed by atoms with van der Waals surface area (Å²) in [4.78, 5) is 22.1. The van der Waals surface area contributed by atoms with Crippen LogP contribution in [0.4, 0.5) is 5.88 Å². The van der Waals surface area contributed by atoms with Gasteiger partial charge < -0.3 is 4.42 Å². The Morgan fingerprint density at radius 2 is 2.12 bits per heavy atom. The predicted octanol–water partition coefficient (Wildman–Crippen LogP) is 4.01. The van der Waals surface area contributed by atoms with Crippen LogP contribution in [0.2, 0.25) is 0 Å². The molecule has 0 aliphatic heterocycles. The van der Waals surface area contributed by atoms with Crippen LogP contribution in [0.1, 0.15) is 15.4 Å². The Morgan fingerprint density at radius 1 is 1.41 bits per heavy atom. The first-order valence-electron chi connectivity index (χ1n) is 4.22. The minimum absolute atomic E-state index is 0.0493. The molecule has 0 atom stereocenters. The zero-order valence-corrected chi connectivity index (χ0v) is 12.0. The molecular weight excluding hydrogens is 378 g/mol. The van der Waals surface area contributed by atoms with E-state index in [-0.39, 0.29) is 11.5 Å². The first-order chi connectivity index (χ1) is 8.00. The Kier molecular flexibility index (Phi) is 3.45. The minimum Gasteiger partial charge on any atom is -0.397 e. The highest BCUT2D eigenvalue weighted by Crippen LogP contribution is 2.34. The van der Waals surface area contributed by atoms with Crippen molar-refractivity contribution in [2.75, 3.05) is 0 Å². The lowest BCUT2D eigenvalue weighted by atomic mass is 10.2. The lowest BCUT2D eigenvalue weighted by Crippen LogP contribution is -1.97. The topological polar surface area (TPSA) is 73.3 Å². The number of carbonyl (C=O) groups excluding carboxylic acids is 1. The Labute approximate surface area is 116 Å². The predicted molar refractivity (Wildman–Crippen MR) is 68.5 cm³/mol. The molecule has 0 unspecified atom stereocenters. The summed E-state index contributed by atoms with van der Waals surface area (Å²) >= 11 is 7.73. The van der Waals surface area contributed by atoms with Gasteiger partial charge in [0.2, 0.25) is 5.78 Å². The average molecular weight is 381 g/mol. The molecule has 0 aliphatic carbocycles. The number of nitro groups is 1. The molecular formula is C9H3Br2NO4S. The molecule has 2 rings (SSSR count). The van der Waals surface area contributed by atoms with Crippen LogP contribution in [0.3, 0.4) is 0 Å². The standard InChI is InChI=1S/C9H3Br2NO4S/c10-4-3-17-9(7(4)11)8(13)5-1-2-6(16-5)12(14)15/h1-3H. The molecule has 0 fully saturated rings. The maximum absolute atomic E-state index is 12.0. The number of halogens is 2. The van der Waals surface area contributed by atoms with Gasteiger partial charge in [0.1, 0.15) is 4.92 Å². The fourth-order valence-corrected chi connectivity index (χ4v) is 3.23. The van der Waals surface area contributed by atoms with Gasteiger partial charge in [0.25, 0.3) is 0 Å². The molecule has 0 saturated heterocycles. The van der Waals surface area contributed by atoms with E-state index >= 15 is 0 Å². The molecule has 0 amide bonds. The zero-order valence-electron chi connectivity index (χ0n) is 7.98. The molecule has 0 N–H and O–H groups in total.